The first-order valence-corrected chi connectivity index (χ1v) is 8.41. The van der Waals surface area contributed by atoms with Crippen LogP contribution in [0.3, 0.4) is 0 Å². The molecule has 0 saturated heterocycles. The summed E-state index contributed by atoms with van der Waals surface area (Å²) >= 11 is 8.09. The van der Waals surface area contributed by atoms with Crippen molar-refractivity contribution in [3.05, 3.63) is 44.9 Å². The van der Waals surface area contributed by atoms with Gasteiger partial charge in [-0.3, -0.25) is 0 Å². The fourth-order valence-corrected chi connectivity index (χ4v) is 3.19. The van der Waals surface area contributed by atoms with E-state index in [1.54, 1.807) is 11.3 Å². The Balaban J connectivity index is 2.09. The average molecular weight is 324 g/mol. The van der Waals surface area contributed by atoms with Gasteiger partial charge in [-0.2, -0.15) is 0 Å². The van der Waals surface area contributed by atoms with Crippen LogP contribution in [0.1, 0.15) is 29.6 Å². The normalized spacial score (nSPS) is 12.4. The maximum absolute atomic E-state index is 6.42. The highest BCUT2D eigenvalue weighted by Gasteiger charge is 2.10. The number of aryl methyl sites for hydroxylation is 1. The van der Waals surface area contributed by atoms with Gasteiger partial charge in [-0.15, -0.1) is 11.3 Å². The third kappa shape index (κ3) is 4.43. The van der Waals surface area contributed by atoms with E-state index < -0.39 is 0 Å². The minimum atomic E-state index is 0.197. The third-order valence-electron chi connectivity index (χ3n) is 3.51. The van der Waals surface area contributed by atoms with Crippen LogP contribution in [0.2, 0.25) is 5.02 Å². The average Bonchev–Trinajstić information content (AvgIpc) is 2.83. The van der Waals surface area contributed by atoms with Crippen LogP contribution >= 0.6 is 22.9 Å². The number of hydrogen-bond acceptors (Lipinski definition) is 4. The Bertz CT molecular complexity index is 597. The third-order valence-corrected chi connectivity index (χ3v) is 4.64. The molecule has 1 heterocycles. The van der Waals surface area contributed by atoms with E-state index in [1.807, 2.05) is 20.0 Å². The van der Waals surface area contributed by atoms with Gasteiger partial charge in [0.2, 0.25) is 0 Å². The molecule has 1 atom stereocenters. The number of aromatic nitrogens is 1. The first-order chi connectivity index (χ1) is 9.99. The van der Waals surface area contributed by atoms with Gasteiger partial charge in [0, 0.05) is 18.5 Å². The van der Waals surface area contributed by atoms with Crippen LogP contribution in [-0.2, 0) is 13.0 Å². The molecule has 0 amide bonds. The highest BCUT2D eigenvalue weighted by atomic mass is 35.5. The fourth-order valence-electron chi connectivity index (χ4n) is 2.24. The van der Waals surface area contributed by atoms with Crippen molar-refractivity contribution >= 4 is 28.6 Å². The molecule has 2 aromatic rings. The van der Waals surface area contributed by atoms with Crippen LogP contribution in [0.15, 0.2) is 23.6 Å². The Labute approximate surface area is 135 Å². The van der Waals surface area contributed by atoms with Gasteiger partial charge in [0.15, 0.2) is 0 Å². The number of thiazole rings is 1. The summed E-state index contributed by atoms with van der Waals surface area (Å²) in [6, 6.07) is 6.40. The minimum absolute atomic E-state index is 0.197. The van der Waals surface area contributed by atoms with Crippen molar-refractivity contribution in [3.63, 3.8) is 0 Å². The highest BCUT2D eigenvalue weighted by Crippen LogP contribution is 2.28. The van der Waals surface area contributed by atoms with E-state index in [0.717, 1.165) is 40.8 Å². The standard InChI is InChI=1S/C16H22ClN3S/c1-4-13(18)7-12-5-6-16(15(17)8-12)20(3)9-14-10-21-11(2)19-14/h5-6,8,10,13H,4,7,9,18H2,1-3H3. The Morgan fingerprint density at radius 2 is 2.19 bits per heavy atom. The lowest BCUT2D eigenvalue weighted by atomic mass is 10.0. The fraction of sp³-hybridized carbons (Fsp3) is 0.438. The zero-order valence-corrected chi connectivity index (χ0v) is 14.3. The molecule has 1 aromatic carbocycles. The van der Waals surface area contributed by atoms with E-state index in [2.05, 4.69) is 34.3 Å². The van der Waals surface area contributed by atoms with Gasteiger partial charge in [-0.25, -0.2) is 4.98 Å². The second kappa shape index (κ2) is 7.25. The van der Waals surface area contributed by atoms with Crippen molar-refractivity contribution in [2.24, 2.45) is 5.73 Å². The zero-order valence-electron chi connectivity index (χ0n) is 12.8. The van der Waals surface area contributed by atoms with Crippen molar-refractivity contribution in [1.82, 2.24) is 4.98 Å². The van der Waals surface area contributed by atoms with Crippen LogP contribution in [-0.4, -0.2) is 18.1 Å². The van der Waals surface area contributed by atoms with Crippen LogP contribution < -0.4 is 10.6 Å². The van der Waals surface area contributed by atoms with Crippen molar-refractivity contribution in [2.75, 3.05) is 11.9 Å². The molecular weight excluding hydrogens is 302 g/mol. The summed E-state index contributed by atoms with van der Waals surface area (Å²) in [6.07, 6.45) is 1.84. The number of halogens is 1. The summed E-state index contributed by atoms with van der Waals surface area (Å²) in [5.41, 5.74) is 9.29. The molecule has 114 valence electrons. The van der Waals surface area contributed by atoms with Gasteiger partial charge >= 0.3 is 0 Å². The topological polar surface area (TPSA) is 42.1 Å². The summed E-state index contributed by atoms with van der Waals surface area (Å²) < 4.78 is 0. The molecule has 2 N–H and O–H groups in total. The SMILES string of the molecule is CCC(N)Cc1ccc(N(C)Cc2csc(C)n2)c(Cl)c1. The molecule has 5 heteroatoms. The first-order valence-electron chi connectivity index (χ1n) is 7.15. The van der Waals surface area contributed by atoms with Crippen LogP contribution in [0, 0.1) is 6.92 Å². The maximum atomic E-state index is 6.42. The second-order valence-corrected chi connectivity index (χ2v) is 6.84. The van der Waals surface area contributed by atoms with Crippen molar-refractivity contribution in [2.45, 2.75) is 39.3 Å². The van der Waals surface area contributed by atoms with Gasteiger partial charge in [-0.1, -0.05) is 24.6 Å². The lowest BCUT2D eigenvalue weighted by Crippen LogP contribution is -2.21. The van der Waals surface area contributed by atoms with Crippen molar-refractivity contribution in [3.8, 4) is 0 Å². The molecule has 1 aromatic heterocycles. The minimum Gasteiger partial charge on any atom is -0.367 e. The number of nitrogens with two attached hydrogens (primary N) is 1. The maximum Gasteiger partial charge on any atom is 0.0898 e. The molecule has 0 aliphatic carbocycles. The summed E-state index contributed by atoms with van der Waals surface area (Å²) in [6.45, 7) is 4.88. The zero-order chi connectivity index (χ0) is 15.4. The Hall–Kier alpha value is -1.10. The van der Waals surface area contributed by atoms with E-state index in [0.29, 0.717) is 0 Å². The molecule has 0 aliphatic rings. The largest absolute Gasteiger partial charge is 0.367 e. The molecular formula is C16H22ClN3S. The summed E-state index contributed by atoms with van der Waals surface area (Å²) in [4.78, 5) is 6.62. The first kappa shape index (κ1) is 16.3. The lowest BCUT2D eigenvalue weighted by Gasteiger charge is -2.20. The predicted molar refractivity (Wildman–Crippen MR) is 92.4 cm³/mol. The van der Waals surface area contributed by atoms with Gasteiger partial charge in [0.25, 0.3) is 0 Å². The Morgan fingerprint density at radius 3 is 2.76 bits per heavy atom. The molecule has 0 aliphatic heterocycles. The molecule has 0 saturated carbocycles. The smallest absolute Gasteiger partial charge is 0.0898 e. The van der Waals surface area contributed by atoms with Crippen molar-refractivity contribution < 1.29 is 0 Å². The van der Waals surface area contributed by atoms with E-state index in [-0.39, 0.29) is 6.04 Å². The number of nitrogens with zero attached hydrogens (tertiary/aromatic N) is 2. The van der Waals surface area contributed by atoms with E-state index in [9.17, 15) is 0 Å². The molecule has 0 radical (unpaired) electrons. The monoisotopic (exact) mass is 323 g/mol. The van der Waals surface area contributed by atoms with Gasteiger partial charge < -0.3 is 10.6 Å². The molecule has 2 rings (SSSR count). The highest BCUT2D eigenvalue weighted by molar-refractivity contribution is 7.09. The van der Waals surface area contributed by atoms with Crippen LogP contribution in [0.5, 0.6) is 0 Å². The van der Waals surface area contributed by atoms with Crippen molar-refractivity contribution in [1.29, 1.82) is 0 Å². The van der Waals surface area contributed by atoms with E-state index >= 15 is 0 Å². The quantitative estimate of drug-likeness (QED) is 0.873. The van der Waals surface area contributed by atoms with Crippen LogP contribution in [0.4, 0.5) is 5.69 Å². The summed E-state index contributed by atoms with van der Waals surface area (Å²) in [5.74, 6) is 0. The molecule has 0 fully saturated rings. The molecule has 0 spiro atoms. The second-order valence-electron chi connectivity index (χ2n) is 5.37. The molecule has 0 bridgehead atoms. The Morgan fingerprint density at radius 1 is 1.43 bits per heavy atom. The molecule has 3 nitrogen and oxygen atoms in total. The van der Waals surface area contributed by atoms with Gasteiger partial charge in [0.05, 0.1) is 28.0 Å². The van der Waals surface area contributed by atoms with Crippen LogP contribution in [0.25, 0.3) is 0 Å². The number of anilines is 1. The molecule has 1 unspecified atom stereocenters. The molecule has 21 heavy (non-hydrogen) atoms. The predicted octanol–water partition coefficient (Wildman–Crippen LogP) is 4.02. The number of rotatable bonds is 6. The van der Waals surface area contributed by atoms with Gasteiger partial charge in [-0.05, 0) is 37.5 Å². The lowest BCUT2D eigenvalue weighted by molar-refractivity contribution is 0.646. The van der Waals surface area contributed by atoms with Gasteiger partial charge in [0.1, 0.15) is 0 Å². The van der Waals surface area contributed by atoms with E-state index in [4.69, 9.17) is 17.3 Å². The number of hydrogen-bond donors (Lipinski definition) is 1. The summed E-state index contributed by atoms with van der Waals surface area (Å²) in [7, 11) is 2.04. The summed E-state index contributed by atoms with van der Waals surface area (Å²) in [5, 5.41) is 3.95. The Kier molecular flexibility index (Phi) is 5.62. The number of benzene rings is 1. The van der Waals surface area contributed by atoms with E-state index in [1.165, 1.54) is 5.56 Å².